The number of aliphatic carboxylic acids is 1. The van der Waals surface area contributed by atoms with Crippen LogP contribution in [0.1, 0.15) is 24.8 Å². The van der Waals surface area contributed by atoms with E-state index in [4.69, 9.17) is 26.0 Å². The molecule has 0 aliphatic heterocycles. The molecule has 8 heteroatoms. The van der Waals surface area contributed by atoms with Crippen LogP contribution in [0.25, 0.3) is 0 Å². The number of thioether (sulfide) groups is 1. The van der Waals surface area contributed by atoms with Crippen molar-refractivity contribution in [2.45, 2.75) is 31.1 Å². The highest BCUT2D eigenvalue weighted by Gasteiger charge is 2.18. The molecule has 0 aliphatic carbocycles. The van der Waals surface area contributed by atoms with Gasteiger partial charge in [0.15, 0.2) is 0 Å². The van der Waals surface area contributed by atoms with E-state index in [-0.39, 0.29) is 6.42 Å². The minimum Gasteiger partial charge on any atom is -0.481 e. The van der Waals surface area contributed by atoms with E-state index < -0.39 is 12.6 Å². The van der Waals surface area contributed by atoms with Crippen LogP contribution in [0, 0.1) is 6.92 Å². The summed E-state index contributed by atoms with van der Waals surface area (Å²) in [5.74, 6) is -0.106. The number of benzene rings is 1. The van der Waals surface area contributed by atoms with Crippen LogP contribution in [0.3, 0.4) is 0 Å². The number of hydrogen-bond donors (Lipinski definition) is 2. The monoisotopic (exact) mass is 363 g/mol. The van der Waals surface area contributed by atoms with E-state index in [1.807, 2.05) is 31.4 Å². The molecule has 22 heavy (non-hydrogen) atoms. The molecule has 0 bridgehead atoms. The van der Waals surface area contributed by atoms with Gasteiger partial charge in [-0.3, -0.25) is 4.79 Å². The Morgan fingerprint density at radius 3 is 2.73 bits per heavy atom. The van der Waals surface area contributed by atoms with Gasteiger partial charge in [-0.1, -0.05) is 0 Å². The quantitative estimate of drug-likeness (QED) is 0.372. The summed E-state index contributed by atoms with van der Waals surface area (Å²) in [4.78, 5) is 11.6. The molecule has 0 heterocycles. The van der Waals surface area contributed by atoms with Gasteiger partial charge < -0.3 is 14.2 Å². The predicted molar refractivity (Wildman–Crippen MR) is 94.4 cm³/mol. The van der Waals surface area contributed by atoms with Gasteiger partial charge in [0.1, 0.15) is 5.75 Å². The van der Waals surface area contributed by atoms with Crippen LogP contribution in [-0.4, -0.2) is 31.0 Å². The standard InChI is InChI=1S/C14H22NO4PS2/c1-11-10-12(7-8-13(11)22-3)19-20(21,18-2)15-9-5-4-6-14(16)17/h7-8,10H,4-6,9H2,1-3H3,(H,15,21)(H,16,17). The van der Waals surface area contributed by atoms with E-state index in [0.29, 0.717) is 25.1 Å². The normalized spacial score (nSPS) is 13.6. The van der Waals surface area contributed by atoms with Gasteiger partial charge in [-0.25, -0.2) is 5.09 Å². The first-order valence-electron chi connectivity index (χ1n) is 6.87. The molecule has 1 rings (SSSR count). The van der Waals surface area contributed by atoms with Crippen molar-refractivity contribution in [3.05, 3.63) is 23.8 Å². The van der Waals surface area contributed by atoms with Gasteiger partial charge in [-0.05, 0) is 61.6 Å². The number of aryl methyl sites for hydroxylation is 1. The van der Waals surface area contributed by atoms with Crippen LogP contribution >= 0.6 is 18.4 Å². The Morgan fingerprint density at radius 2 is 2.18 bits per heavy atom. The first-order chi connectivity index (χ1) is 10.4. The summed E-state index contributed by atoms with van der Waals surface area (Å²) in [5.41, 5.74) is 1.13. The second-order valence-corrected chi connectivity index (χ2v) is 8.81. The minimum absolute atomic E-state index is 0.160. The Kier molecular flexibility index (Phi) is 8.43. The molecule has 5 nitrogen and oxygen atoms in total. The predicted octanol–water partition coefficient (Wildman–Crippen LogP) is 3.81. The maximum Gasteiger partial charge on any atom is 0.312 e. The summed E-state index contributed by atoms with van der Waals surface area (Å²) in [6, 6.07) is 5.82. The molecule has 1 aromatic rings. The smallest absolute Gasteiger partial charge is 0.312 e. The second kappa shape index (κ2) is 9.53. The molecule has 0 saturated carbocycles. The number of carboxylic acids is 1. The number of unbranched alkanes of at least 4 members (excludes halogenated alkanes) is 1. The Morgan fingerprint density at radius 1 is 1.45 bits per heavy atom. The highest BCUT2D eigenvalue weighted by molar-refractivity contribution is 8.09. The molecule has 0 radical (unpaired) electrons. The van der Waals surface area contributed by atoms with Gasteiger partial charge in [-0.2, -0.15) is 0 Å². The van der Waals surface area contributed by atoms with Crippen molar-refractivity contribution >= 4 is 36.2 Å². The van der Waals surface area contributed by atoms with E-state index in [9.17, 15) is 4.79 Å². The number of hydrogen-bond acceptors (Lipinski definition) is 5. The molecule has 0 amide bonds. The van der Waals surface area contributed by atoms with Crippen LogP contribution < -0.4 is 9.61 Å². The van der Waals surface area contributed by atoms with Crippen LogP contribution in [0.2, 0.25) is 0 Å². The Bertz CT molecular complexity index is 554. The number of carbonyl (C=O) groups is 1. The fourth-order valence-electron chi connectivity index (χ4n) is 1.80. The molecule has 1 aromatic carbocycles. The molecule has 0 aromatic heterocycles. The third kappa shape index (κ3) is 6.67. The third-order valence-corrected chi connectivity index (χ3v) is 6.45. The maximum atomic E-state index is 10.5. The Labute approximate surface area is 141 Å². The van der Waals surface area contributed by atoms with Crippen LogP contribution in [0.15, 0.2) is 23.1 Å². The second-order valence-electron chi connectivity index (χ2n) is 4.66. The SMILES string of the molecule is COP(=S)(NCCCCC(=O)O)Oc1ccc(SC)c(C)c1. The van der Waals surface area contributed by atoms with Crippen LogP contribution in [-0.2, 0) is 21.1 Å². The largest absolute Gasteiger partial charge is 0.481 e. The molecule has 0 aliphatic rings. The van der Waals surface area contributed by atoms with Gasteiger partial charge in [0.2, 0.25) is 0 Å². The van der Waals surface area contributed by atoms with Crippen LogP contribution in [0.4, 0.5) is 0 Å². The van der Waals surface area contributed by atoms with Crippen molar-refractivity contribution in [2.75, 3.05) is 19.9 Å². The summed E-state index contributed by atoms with van der Waals surface area (Å²) < 4.78 is 11.2. The van der Waals surface area contributed by atoms with Crippen molar-refractivity contribution in [2.24, 2.45) is 0 Å². The van der Waals surface area contributed by atoms with E-state index in [0.717, 1.165) is 5.56 Å². The summed E-state index contributed by atoms with van der Waals surface area (Å²) in [7, 11) is 1.52. The van der Waals surface area contributed by atoms with Crippen LogP contribution in [0.5, 0.6) is 5.75 Å². The maximum absolute atomic E-state index is 10.5. The molecule has 0 saturated heterocycles. The fraction of sp³-hybridized carbons (Fsp3) is 0.500. The molecule has 124 valence electrons. The van der Waals surface area contributed by atoms with E-state index >= 15 is 0 Å². The highest BCUT2D eigenvalue weighted by atomic mass is 32.5. The molecule has 1 atom stereocenters. The highest BCUT2D eigenvalue weighted by Crippen LogP contribution is 2.44. The lowest BCUT2D eigenvalue weighted by Gasteiger charge is -2.22. The molecular formula is C14H22NO4PS2. The molecular weight excluding hydrogens is 341 g/mol. The summed E-state index contributed by atoms with van der Waals surface area (Å²) in [6.45, 7) is -0.00851. The van der Waals surface area contributed by atoms with Gasteiger partial charge in [0.05, 0.1) is 0 Å². The number of rotatable bonds is 10. The summed E-state index contributed by atoms with van der Waals surface area (Å²) >= 11 is 7.11. The topological polar surface area (TPSA) is 67.8 Å². The number of carboxylic acid groups (broad SMARTS) is 1. The lowest BCUT2D eigenvalue weighted by molar-refractivity contribution is -0.137. The zero-order chi connectivity index (χ0) is 16.6. The zero-order valence-corrected chi connectivity index (χ0v) is 15.5. The van der Waals surface area contributed by atoms with Gasteiger partial charge >= 0.3 is 12.6 Å². The van der Waals surface area contributed by atoms with Crippen molar-refractivity contribution in [1.82, 2.24) is 5.09 Å². The summed E-state index contributed by atoms with van der Waals surface area (Å²) in [5, 5.41) is 11.7. The van der Waals surface area contributed by atoms with Gasteiger partial charge in [0.25, 0.3) is 0 Å². The van der Waals surface area contributed by atoms with Gasteiger partial charge in [-0.15, -0.1) is 11.8 Å². The minimum atomic E-state index is -2.60. The average molecular weight is 363 g/mol. The first-order valence-corrected chi connectivity index (χ1v) is 10.7. The first kappa shape index (κ1) is 19.5. The lowest BCUT2D eigenvalue weighted by atomic mass is 10.2. The van der Waals surface area contributed by atoms with E-state index in [1.165, 1.54) is 12.0 Å². The zero-order valence-electron chi connectivity index (χ0n) is 13.0. The number of nitrogens with one attached hydrogen (secondary N) is 1. The lowest BCUT2D eigenvalue weighted by Crippen LogP contribution is -2.17. The molecule has 2 N–H and O–H groups in total. The van der Waals surface area contributed by atoms with Crippen molar-refractivity contribution in [3.8, 4) is 5.75 Å². The average Bonchev–Trinajstić information content (AvgIpc) is 2.47. The molecule has 0 spiro atoms. The Hall–Kier alpha value is -0.590. The fourth-order valence-corrected chi connectivity index (χ4v) is 4.01. The van der Waals surface area contributed by atoms with Crippen molar-refractivity contribution in [3.63, 3.8) is 0 Å². The van der Waals surface area contributed by atoms with E-state index in [2.05, 4.69) is 5.09 Å². The van der Waals surface area contributed by atoms with Gasteiger partial charge in [0, 0.05) is 25.0 Å². The third-order valence-electron chi connectivity index (χ3n) is 2.96. The summed E-state index contributed by atoms with van der Waals surface area (Å²) in [6.07, 6.45) is 3.50. The van der Waals surface area contributed by atoms with Crippen molar-refractivity contribution in [1.29, 1.82) is 0 Å². The molecule has 0 fully saturated rings. The Balaban J connectivity index is 2.56. The molecule has 1 unspecified atom stereocenters. The van der Waals surface area contributed by atoms with E-state index in [1.54, 1.807) is 11.8 Å². The van der Waals surface area contributed by atoms with Crippen molar-refractivity contribution < 1.29 is 18.9 Å².